The van der Waals surface area contributed by atoms with E-state index in [0.717, 1.165) is 28.5 Å². The summed E-state index contributed by atoms with van der Waals surface area (Å²) in [7, 11) is 0. The number of benzene rings is 1. The maximum absolute atomic E-state index is 9.34. The SMILES string of the molecule is OCc1cn2c(n1)CN=C(c1ccccn1)c1cc(Cl)ccc1-2. The minimum atomic E-state index is -0.0975. The highest BCUT2D eigenvalue weighted by atomic mass is 35.5. The molecule has 6 heteroatoms. The monoisotopic (exact) mass is 324 g/mol. The van der Waals surface area contributed by atoms with Gasteiger partial charge >= 0.3 is 0 Å². The highest BCUT2D eigenvalue weighted by Crippen LogP contribution is 2.27. The minimum Gasteiger partial charge on any atom is -0.390 e. The van der Waals surface area contributed by atoms with Crippen molar-refractivity contribution in [3.05, 3.63) is 76.6 Å². The molecule has 0 atom stereocenters. The fourth-order valence-electron chi connectivity index (χ4n) is 2.73. The summed E-state index contributed by atoms with van der Waals surface area (Å²) in [6.45, 7) is 0.317. The van der Waals surface area contributed by atoms with E-state index in [1.165, 1.54) is 0 Å². The van der Waals surface area contributed by atoms with Crippen molar-refractivity contribution in [2.45, 2.75) is 13.2 Å². The molecule has 23 heavy (non-hydrogen) atoms. The zero-order valence-electron chi connectivity index (χ0n) is 12.1. The quantitative estimate of drug-likeness (QED) is 0.788. The molecule has 4 rings (SSSR count). The highest BCUT2D eigenvalue weighted by molar-refractivity contribution is 6.31. The number of hydrogen-bond donors (Lipinski definition) is 1. The molecule has 0 radical (unpaired) electrons. The fourth-order valence-corrected chi connectivity index (χ4v) is 2.91. The van der Waals surface area contributed by atoms with Crippen molar-refractivity contribution in [2.24, 2.45) is 4.99 Å². The molecule has 1 aliphatic heterocycles. The lowest BCUT2D eigenvalue weighted by atomic mass is 10.0. The van der Waals surface area contributed by atoms with Gasteiger partial charge in [-0.05, 0) is 30.3 Å². The van der Waals surface area contributed by atoms with Crippen LogP contribution in [-0.2, 0) is 13.2 Å². The molecule has 0 saturated carbocycles. The van der Waals surface area contributed by atoms with Crippen LogP contribution in [0.2, 0.25) is 5.02 Å². The number of aliphatic hydroxyl groups is 1. The summed E-state index contributed by atoms with van der Waals surface area (Å²) >= 11 is 6.20. The molecule has 0 bridgehead atoms. The van der Waals surface area contributed by atoms with Crippen LogP contribution in [0.3, 0.4) is 0 Å². The van der Waals surface area contributed by atoms with E-state index in [-0.39, 0.29) is 6.61 Å². The van der Waals surface area contributed by atoms with Crippen molar-refractivity contribution < 1.29 is 5.11 Å². The predicted molar refractivity (Wildman–Crippen MR) is 88.1 cm³/mol. The Morgan fingerprint density at radius 1 is 1.22 bits per heavy atom. The average Bonchev–Trinajstić information content (AvgIpc) is 2.93. The van der Waals surface area contributed by atoms with Gasteiger partial charge in [-0.25, -0.2) is 4.98 Å². The molecular weight excluding hydrogens is 312 g/mol. The first-order chi connectivity index (χ1) is 11.3. The summed E-state index contributed by atoms with van der Waals surface area (Å²) in [5.41, 5.74) is 4.04. The molecule has 1 N–H and O–H groups in total. The summed E-state index contributed by atoms with van der Waals surface area (Å²) < 4.78 is 1.96. The Hall–Kier alpha value is -2.50. The standard InChI is InChI=1S/C17H13ClN4O/c18-11-4-5-15-13(7-11)17(14-3-1-2-6-19-14)20-8-16-21-12(10-23)9-22(15)16/h1-7,9,23H,8,10H2. The Bertz CT molecular complexity index is 902. The zero-order chi connectivity index (χ0) is 15.8. The largest absolute Gasteiger partial charge is 0.390 e. The molecule has 1 aromatic carbocycles. The van der Waals surface area contributed by atoms with E-state index < -0.39 is 0 Å². The number of aliphatic hydroxyl groups excluding tert-OH is 1. The molecule has 0 amide bonds. The number of hydrogen-bond acceptors (Lipinski definition) is 4. The normalized spacial score (nSPS) is 13.0. The summed E-state index contributed by atoms with van der Waals surface area (Å²) in [5, 5.41) is 9.97. The number of halogens is 1. The molecule has 5 nitrogen and oxygen atoms in total. The second-order valence-electron chi connectivity index (χ2n) is 5.22. The summed E-state index contributed by atoms with van der Waals surface area (Å²) in [6.07, 6.45) is 3.58. The molecule has 3 heterocycles. The van der Waals surface area contributed by atoms with Crippen molar-refractivity contribution in [3.63, 3.8) is 0 Å². The molecule has 0 aliphatic carbocycles. The fraction of sp³-hybridized carbons (Fsp3) is 0.118. The van der Waals surface area contributed by atoms with Gasteiger partial charge in [-0.15, -0.1) is 0 Å². The van der Waals surface area contributed by atoms with Crippen LogP contribution in [0.4, 0.5) is 0 Å². The Morgan fingerprint density at radius 3 is 2.91 bits per heavy atom. The van der Waals surface area contributed by atoms with Crippen molar-refractivity contribution in [2.75, 3.05) is 0 Å². The van der Waals surface area contributed by atoms with E-state index in [0.29, 0.717) is 17.3 Å². The maximum Gasteiger partial charge on any atom is 0.135 e. The van der Waals surface area contributed by atoms with Crippen LogP contribution in [0.1, 0.15) is 22.8 Å². The van der Waals surface area contributed by atoms with E-state index in [1.54, 1.807) is 6.20 Å². The van der Waals surface area contributed by atoms with Gasteiger partial charge in [0.05, 0.1) is 35.9 Å². The molecular formula is C17H13ClN4O. The number of pyridine rings is 1. The number of aliphatic imine (C=N–C) groups is 1. The van der Waals surface area contributed by atoms with Crippen LogP contribution in [-0.4, -0.2) is 25.4 Å². The van der Waals surface area contributed by atoms with Crippen LogP contribution in [0, 0.1) is 0 Å². The van der Waals surface area contributed by atoms with Crippen LogP contribution in [0.25, 0.3) is 5.69 Å². The van der Waals surface area contributed by atoms with Crippen LogP contribution < -0.4 is 0 Å². The maximum atomic E-state index is 9.34. The van der Waals surface area contributed by atoms with Gasteiger partial charge in [0, 0.05) is 23.0 Å². The Kier molecular flexibility index (Phi) is 3.44. The second-order valence-corrected chi connectivity index (χ2v) is 5.65. The lowest BCUT2D eigenvalue weighted by Gasteiger charge is -2.11. The van der Waals surface area contributed by atoms with Crippen molar-refractivity contribution in [3.8, 4) is 5.69 Å². The van der Waals surface area contributed by atoms with Gasteiger partial charge < -0.3 is 9.67 Å². The minimum absolute atomic E-state index is 0.0975. The van der Waals surface area contributed by atoms with Gasteiger partial charge in [0.15, 0.2) is 0 Å². The predicted octanol–water partition coefficient (Wildman–Crippen LogP) is 2.76. The summed E-state index contributed by atoms with van der Waals surface area (Å²) in [6, 6.07) is 11.4. The van der Waals surface area contributed by atoms with Gasteiger partial charge in [-0.3, -0.25) is 9.98 Å². The number of aromatic nitrogens is 3. The van der Waals surface area contributed by atoms with E-state index >= 15 is 0 Å². The van der Waals surface area contributed by atoms with E-state index in [4.69, 9.17) is 16.6 Å². The molecule has 0 unspecified atom stereocenters. The Labute approximate surface area is 137 Å². The lowest BCUT2D eigenvalue weighted by Crippen LogP contribution is -2.08. The van der Waals surface area contributed by atoms with Gasteiger partial charge in [-0.2, -0.15) is 0 Å². The van der Waals surface area contributed by atoms with Gasteiger partial charge in [-0.1, -0.05) is 17.7 Å². The average molecular weight is 325 g/mol. The third kappa shape index (κ3) is 2.44. The lowest BCUT2D eigenvalue weighted by molar-refractivity contribution is 0.277. The number of fused-ring (bicyclic) bond motifs is 3. The Balaban J connectivity index is 1.96. The van der Waals surface area contributed by atoms with Crippen molar-refractivity contribution in [1.82, 2.24) is 14.5 Å². The van der Waals surface area contributed by atoms with E-state index in [1.807, 2.05) is 47.2 Å². The van der Waals surface area contributed by atoms with E-state index in [2.05, 4.69) is 9.97 Å². The van der Waals surface area contributed by atoms with Crippen LogP contribution in [0.5, 0.6) is 0 Å². The van der Waals surface area contributed by atoms with Crippen LogP contribution in [0.15, 0.2) is 53.8 Å². The molecule has 0 fully saturated rings. The molecule has 1 aliphatic rings. The summed E-state index contributed by atoms with van der Waals surface area (Å²) in [5.74, 6) is 0.781. The topological polar surface area (TPSA) is 63.3 Å². The molecule has 3 aromatic rings. The summed E-state index contributed by atoms with van der Waals surface area (Å²) in [4.78, 5) is 13.5. The highest BCUT2D eigenvalue weighted by Gasteiger charge is 2.21. The number of rotatable bonds is 2. The molecule has 0 spiro atoms. The second kappa shape index (κ2) is 5.61. The Morgan fingerprint density at radius 2 is 2.13 bits per heavy atom. The number of nitrogens with zero attached hydrogens (tertiary/aromatic N) is 4. The molecule has 114 valence electrons. The van der Waals surface area contributed by atoms with Gasteiger partial charge in [0.2, 0.25) is 0 Å². The van der Waals surface area contributed by atoms with Crippen molar-refractivity contribution in [1.29, 1.82) is 0 Å². The zero-order valence-corrected chi connectivity index (χ0v) is 12.9. The van der Waals surface area contributed by atoms with Gasteiger partial charge in [0.1, 0.15) is 5.82 Å². The first-order valence-electron chi connectivity index (χ1n) is 7.20. The van der Waals surface area contributed by atoms with Crippen molar-refractivity contribution >= 4 is 17.3 Å². The third-order valence-electron chi connectivity index (χ3n) is 3.75. The first-order valence-corrected chi connectivity index (χ1v) is 7.58. The van der Waals surface area contributed by atoms with Crippen LogP contribution >= 0.6 is 11.6 Å². The van der Waals surface area contributed by atoms with E-state index in [9.17, 15) is 5.11 Å². The third-order valence-corrected chi connectivity index (χ3v) is 3.99. The smallest absolute Gasteiger partial charge is 0.135 e. The number of imidazole rings is 1. The van der Waals surface area contributed by atoms with Gasteiger partial charge in [0.25, 0.3) is 0 Å². The first kappa shape index (κ1) is 14.1. The molecule has 0 saturated heterocycles. The molecule has 2 aromatic heterocycles.